The summed E-state index contributed by atoms with van der Waals surface area (Å²) in [5, 5.41) is 5.60. The number of nitrogens with one attached hydrogen (secondary N) is 2. The highest BCUT2D eigenvalue weighted by molar-refractivity contribution is 5.99. The zero-order valence-electron chi connectivity index (χ0n) is 15.1. The van der Waals surface area contributed by atoms with Crippen molar-refractivity contribution in [2.24, 2.45) is 0 Å². The average Bonchev–Trinajstić information content (AvgIpc) is 3.09. The molecule has 0 radical (unpaired) electrons. The van der Waals surface area contributed by atoms with Crippen LogP contribution in [0, 0.1) is 0 Å². The Morgan fingerprint density at radius 3 is 2.22 bits per heavy atom. The molecule has 7 nitrogen and oxygen atoms in total. The van der Waals surface area contributed by atoms with Gasteiger partial charge in [0.25, 0.3) is 0 Å². The molecule has 0 fully saturated rings. The second kappa shape index (κ2) is 7.90. The molecule has 1 unspecified atom stereocenters. The third-order valence-electron chi connectivity index (χ3n) is 4.47. The highest BCUT2D eigenvalue weighted by Gasteiger charge is 2.23. The van der Waals surface area contributed by atoms with Gasteiger partial charge < -0.3 is 20.1 Å². The normalized spacial score (nSPS) is 14.8. The number of hydrogen-bond donors (Lipinski definition) is 2. The van der Waals surface area contributed by atoms with E-state index in [0.29, 0.717) is 5.69 Å². The largest absolute Gasteiger partial charge is 0.465 e. The molecule has 0 saturated heterocycles. The van der Waals surface area contributed by atoms with E-state index in [-0.39, 0.29) is 17.2 Å². The van der Waals surface area contributed by atoms with Crippen LogP contribution in [0.3, 0.4) is 0 Å². The Labute approximate surface area is 156 Å². The Kier molecular flexibility index (Phi) is 5.40. The number of carbonyl (C=O) groups excluding carboxylic acids is 3. The Morgan fingerprint density at radius 2 is 1.59 bits per heavy atom. The number of urea groups is 1. The first-order chi connectivity index (χ1) is 13.0. The van der Waals surface area contributed by atoms with Crippen LogP contribution in [-0.2, 0) is 15.9 Å². The van der Waals surface area contributed by atoms with E-state index in [9.17, 15) is 14.4 Å². The third-order valence-corrected chi connectivity index (χ3v) is 4.47. The summed E-state index contributed by atoms with van der Waals surface area (Å²) in [6.07, 6.45) is 1.73. The van der Waals surface area contributed by atoms with E-state index in [2.05, 4.69) is 16.7 Å². The molecule has 2 aromatic rings. The molecule has 0 aromatic heterocycles. The van der Waals surface area contributed by atoms with Crippen LogP contribution in [-0.4, -0.2) is 32.2 Å². The zero-order chi connectivity index (χ0) is 19.4. The van der Waals surface area contributed by atoms with Crippen LogP contribution in [0.1, 0.15) is 44.3 Å². The number of rotatable bonds is 4. The Morgan fingerprint density at radius 1 is 0.963 bits per heavy atom. The first kappa shape index (κ1) is 18.4. The van der Waals surface area contributed by atoms with E-state index in [1.165, 1.54) is 38.0 Å². The Bertz CT molecular complexity index is 859. The lowest BCUT2D eigenvalue weighted by atomic mass is 10.1. The molecule has 2 N–H and O–H groups in total. The average molecular weight is 368 g/mol. The minimum atomic E-state index is -0.617. The minimum absolute atomic E-state index is 0.0786. The van der Waals surface area contributed by atoms with Gasteiger partial charge in [-0.1, -0.05) is 24.3 Å². The maximum atomic E-state index is 12.4. The molecule has 0 bridgehead atoms. The molecule has 0 aliphatic heterocycles. The number of amides is 2. The molecule has 1 aliphatic carbocycles. The Hall–Kier alpha value is -3.35. The van der Waals surface area contributed by atoms with Gasteiger partial charge in [0.1, 0.15) is 0 Å². The molecule has 0 heterocycles. The highest BCUT2D eigenvalue weighted by Crippen LogP contribution is 2.30. The first-order valence-electron chi connectivity index (χ1n) is 8.49. The number of fused-ring (bicyclic) bond motifs is 1. The van der Waals surface area contributed by atoms with Crippen molar-refractivity contribution >= 4 is 23.7 Å². The number of hydrogen-bond acceptors (Lipinski definition) is 5. The lowest BCUT2D eigenvalue weighted by molar-refractivity contribution is 0.0599. The van der Waals surface area contributed by atoms with Crippen LogP contribution in [0.5, 0.6) is 0 Å². The van der Waals surface area contributed by atoms with E-state index in [1.54, 1.807) is 0 Å². The summed E-state index contributed by atoms with van der Waals surface area (Å²) in [6, 6.07) is 11.7. The second-order valence-corrected chi connectivity index (χ2v) is 6.17. The lowest BCUT2D eigenvalue weighted by Crippen LogP contribution is -2.31. The lowest BCUT2D eigenvalue weighted by Gasteiger charge is -2.15. The molecular formula is C20H20N2O5. The quantitative estimate of drug-likeness (QED) is 0.809. The molecule has 2 amide bonds. The number of carbonyl (C=O) groups is 3. The molecule has 2 aromatic carbocycles. The first-order valence-corrected chi connectivity index (χ1v) is 8.49. The number of esters is 2. The number of benzene rings is 2. The summed E-state index contributed by atoms with van der Waals surface area (Å²) in [5.74, 6) is -1.23. The molecule has 0 saturated carbocycles. The smallest absolute Gasteiger partial charge is 0.337 e. The molecule has 0 spiro atoms. The van der Waals surface area contributed by atoms with E-state index in [0.717, 1.165) is 18.4 Å². The molecule has 140 valence electrons. The van der Waals surface area contributed by atoms with Crippen molar-refractivity contribution in [3.05, 3.63) is 64.7 Å². The van der Waals surface area contributed by atoms with Crippen LogP contribution in [0.25, 0.3) is 0 Å². The van der Waals surface area contributed by atoms with Crippen LogP contribution < -0.4 is 10.6 Å². The van der Waals surface area contributed by atoms with Crippen molar-refractivity contribution in [2.75, 3.05) is 19.5 Å². The fourth-order valence-electron chi connectivity index (χ4n) is 3.20. The maximum absolute atomic E-state index is 12.4. The van der Waals surface area contributed by atoms with Crippen molar-refractivity contribution in [1.29, 1.82) is 0 Å². The van der Waals surface area contributed by atoms with E-state index >= 15 is 0 Å². The van der Waals surface area contributed by atoms with Crippen molar-refractivity contribution in [3.8, 4) is 0 Å². The van der Waals surface area contributed by atoms with Gasteiger partial charge >= 0.3 is 18.0 Å². The van der Waals surface area contributed by atoms with Crippen molar-refractivity contribution in [3.63, 3.8) is 0 Å². The molecule has 7 heteroatoms. The molecule has 27 heavy (non-hydrogen) atoms. The van der Waals surface area contributed by atoms with E-state index < -0.39 is 18.0 Å². The molecule has 1 atom stereocenters. The fraction of sp³-hybridized carbons (Fsp3) is 0.250. The van der Waals surface area contributed by atoms with Crippen LogP contribution in [0.2, 0.25) is 0 Å². The fourth-order valence-corrected chi connectivity index (χ4v) is 3.20. The van der Waals surface area contributed by atoms with E-state index in [4.69, 9.17) is 9.47 Å². The molecule has 3 rings (SSSR count). The number of ether oxygens (including phenoxy) is 2. The SMILES string of the molecule is COC(=O)c1cc(NC(=O)NC2CCc3ccccc32)cc(C(=O)OC)c1. The number of anilines is 1. The summed E-state index contributed by atoms with van der Waals surface area (Å²) >= 11 is 0. The van der Waals surface area contributed by atoms with Crippen LogP contribution in [0.15, 0.2) is 42.5 Å². The van der Waals surface area contributed by atoms with E-state index in [1.807, 2.05) is 18.2 Å². The number of methoxy groups -OCH3 is 2. The van der Waals surface area contributed by atoms with Crippen molar-refractivity contribution in [1.82, 2.24) is 5.32 Å². The van der Waals surface area contributed by atoms with Crippen LogP contribution >= 0.6 is 0 Å². The minimum Gasteiger partial charge on any atom is -0.465 e. The van der Waals surface area contributed by atoms with Crippen molar-refractivity contribution in [2.45, 2.75) is 18.9 Å². The standard InChI is InChI=1S/C20H20N2O5/c1-26-18(23)13-9-14(19(24)27-2)11-15(10-13)21-20(25)22-17-8-7-12-5-3-4-6-16(12)17/h3-6,9-11,17H,7-8H2,1-2H3,(H2,21,22,25). The van der Waals surface area contributed by atoms with Gasteiger partial charge in [0.05, 0.1) is 31.4 Å². The van der Waals surface area contributed by atoms with Crippen LogP contribution in [0.4, 0.5) is 10.5 Å². The van der Waals surface area contributed by atoms with Gasteiger partial charge in [0.2, 0.25) is 0 Å². The highest BCUT2D eigenvalue weighted by atomic mass is 16.5. The monoisotopic (exact) mass is 368 g/mol. The van der Waals surface area contributed by atoms with Crippen molar-refractivity contribution < 1.29 is 23.9 Å². The van der Waals surface area contributed by atoms with Gasteiger partial charge in [-0.2, -0.15) is 0 Å². The van der Waals surface area contributed by atoms with Gasteiger partial charge in [0, 0.05) is 5.69 Å². The molecule has 1 aliphatic rings. The Balaban J connectivity index is 1.77. The second-order valence-electron chi connectivity index (χ2n) is 6.17. The predicted octanol–water partition coefficient (Wildman–Crippen LogP) is 3.07. The summed E-state index contributed by atoms with van der Waals surface area (Å²) < 4.78 is 9.38. The van der Waals surface area contributed by atoms with Gasteiger partial charge in [-0.15, -0.1) is 0 Å². The van der Waals surface area contributed by atoms with Gasteiger partial charge in [0.15, 0.2) is 0 Å². The zero-order valence-corrected chi connectivity index (χ0v) is 15.1. The summed E-state index contributed by atoms with van der Waals surface area (Å²) in [4.78, 5) is 36.1. The van der Waals surface area contributed by atoms with Gasteiger partial charge in [-0.3, -0.25) is 0 Å². The topological polar surface area (TPSA) is 93.7 Å². The predicted molar refractivity (Wildman–Crippen MR) is 98.8 cm³/mol. The number of aryl methyl sites for hydroxylation is 1. The maximum Gasteiger partial charge on any atom is 0.337 e. The van der Waals surface area contributed by atoms with Gasteiger partial charge in [-0.05, 0) is 42.2 Å². The summed E-state index contributed by atoms with van der Waals surface area (Å²) in [5.41, 5.74) is 2.90. The third kappa shape index (κ3) is 4.08. The summed E-state index contributed by atoms with van der Waals surface area (Å²) in [6.45, 7) is 0. The molecular weight excluding hydrogens is 348 g/mol. The van der Waals surface area contributed by atoms with Gasteiger partial charge in [-0.25, -0.2) is 14.4 Å². The summed E-state index contributed by atoms with van der Waals surface area (Å²) in [7, 11) is 2.48.